The maximum absolute atomic E-state index is 12.9. The molecule has 2 aromatic carbocycles. The molecule has 34 heavy (non-hydrogen) atoms. The number of primary amides is 1. The van der Waals surface area contributed by atoms with Crippen molar-refractivity contribution in [1.29, 1.82) is 0 Å². The molecule has 0 aliphatic heterocycles. The van der Waals surface area contributed by atoms with Gasteiger partial charge in [-0.05, 0) is 51.0 Å². The van der Waals surface area contributed by atoms with Crippen molar-refractivity contribution in [2.45, 2.75) is 64.5 Å². The Morgan fingerprint density at radius 2 is 1.59 bits per heavy atom. The van der Waals surface area contributed by atoms with Gasteiger partial charge in [0.15, 0.2) is 0 Å². The molecule has 0 aliphatic rings. The first kappa shape index (κ1) is 26.7. The molecular formula is C25H33N3O6. The Morgan fingerprint density at radius 3 is 2.12 bits per heavy atom. The number of hydrogen-bond donors (Lipinski definition) is 4. The summed E-state index contributed by atoms with van der Waals surface area (Å²) < 4.78 is 11.0. The lowest BCUT2D eigenvalue weighted by atomic mass is 10.0. The summed E-state index contributed by atoms with van der Waals surface area (Å²) in [6.45, 7) is 6.85. The molecule has 0 fully saturated rings. The van der Waals surface area contributed by atoms with Crippen molar-refractivity contribution >= 4 is 17.9 Å². The van der Waals surface area contributed by atoms with Crippen molar-refractivity contribution in [3.63, 3.8) is 0 Å². The zero-order valence-electron chi connectivity index (χ0n) is 19.9. The summed E-state index contributed by atoms with van der Waals surface area (Å²) in [4.78, 5) is 36.8. The van der Waals surface area contributed by atoms with Crippen LogP contribution in [0.15, 0.2) is 54.6 Å². The summed E-state index contributed by atoms with van der Waals surface area (Å²) in [5.41, 5.74) is 6.27. The molecule has 5 N–H and O–H groups in total. The number of carbonyl (C=O) groups excluding carboxylic acids is 3. The summed E-state index contributed by atoms with van der Waals surface area (Å²) in [5, 5.41) is 14.7. The Labute approximate surface area is 199 Å². The fraction of sp³-hybridized carbons (Fsp3) is 0.400. The van der Waals surface area contributed by atoms with E-state index < -0.39 is 41.7 Å². The number of nitrogens with two attached hydrogens (primary N) is 1. The molecule has 0 bridgehead atoms. The van der Waals surface area contributed by atoms with Crippen molar-refractivity contribution in [3.05, 3.63) is 65.7 Å². The molecule has 0 spiro atoms. The highest BCUT2D eigenvalue weighted by Crippen LogP contribution is 2.16. The number of rotatable bonds is 10. The Balaban J connectivity index is 2.10. The van der Waals surface area contributed by atoms with E-state index >= 15 is 0 Å². The smallest absolute Gasteiger partial charge is 0.408 e. The summed E-state index contributed by atoms with van der Waals surface area (Å²) in [6.07, 6.45) is -1.89. The van der Waals surface area contributed by atoms with Gasteiger partial charge in [0.25, 0.3) is 0 Å². The normalized spacial score (nSPS) is 13.8. The van der Waals surface area contributed by atoms with E-state index in [0.717, 1.165) is 11.1 Å². The van der Waals surface area contributed by atoms with E-state index in [-0.39, 0.29) is 6.42 Å². The highest BCUT2D eigenvalue weighted by Gasteiger charge is 2.29. The van der Waals surface area contributed by atoms with Crippen LogP contribution in [0.2, 0.25) is 0 Å². The maximum atomic E-state index is 12.9. The van der Waals surface area contributed by atoms with E-state index in [9.17, 15) is 19.5 Å². The number of alkyl carbamates (subject to hydrolysis) is 1. The van der Waals surface area contributed by atoms with Crippen molar-refractivity contribution < 1.29 is 29.0 Å². The quantitative estimate of drug-likeness (QED) is 0.418. The first-order chi connectivity index (χ1) is 15.9. The van der Waals surface area contributed by atoms with Crippen LogP contribution in [0.1, 0.15) is 38.8 Å². The molecule has 9 heteroatoms. The number of benzene rings is 2. The first-order valence-electron chi connectivity index (χ1n) is 11.0. The molecule has 2 aromatic rings. The van der Waals surface area contributed by atoms with Gasteiger partial charge >= 0.3 is 6.09 Å². The van der Waals surface area contributed by atoms with Gasteiger partial charge in [-0.15, -0.1) is 0 Å². The van der Waals surface area contributed by atoms with E-state index in [0.29, 0.717) is 12.4 Å². The third-order valence-electron chi connectivity index (χ3n) is 4.71. The van der Waals surface area contributed by atoms with Gasteiger partial charge in [-0.25, -0.2) is 4.79 Å². The van der Waals surface area contributed by atoms with E-state index in [2.05, 4.69) is 10.6 Å². The van der Waals surface area contributed by atoms with E-state index in [1.54, 1.807) is 45.0 Å². The molecule has 9 nitrogen and oxygen atoms in total. The molecule has 0 heterocycles. The monoisotopic (exact) mass is 471 g/mol. The third kappa shape index (κ3) is 9.11. The second kappa shape index (κ2) is 12.0. The molecule has 3 amide bonds. The number of carbonyl (C=O) groups is 3. The molecule has 0 radical (unpaired) electrons. The van der Waals surface area contributed by atoms with Crippen molar-refractivity contribution in [2.24, 2.45) is 5.73 Å². The molecule has 184 valence electrons. The summed E-state index contributed by atoms with van der Waals surface area (Å²) in [7, 11) is 0. The summed E-state index contributed by atoms with van der Waals surface area (Å²) >= 11 is 0. The standard InChI is InChI=1S/C25H33N3O6/c1-16(29)21(22(26)30)28-23(31)20(27-24(32)34-25(2,3)4)14-17-10-12-19(13-11-17)33-15-18-8-6-5-7-9-18/h5-13,16,20-21,29H,14-15H2,1-4H3,(H2,26,30)(H,27,32)(H,28,31). The van der Waals surface area contributed by atoms with Crippen LogP contribution in [0, 0.1) is 0 Å². The topological polar surface area (TPSA) is 140 Å². The average molecular weight is 472 g/mol. The van der Waals surface area contributed by atoms with Crippen LogP contribution in [0.3, 0.4) is 0 Å². The lowest BCUT2D eigenvalue weighted by molar-refractivity contribution is -0.130. The van der Waals surface area contributed by atoms with Gasteiger partial charge in [0.1, 0.15) is 30.0 Å². The minimum atomic E-state index is -1.30. The SMILES string of the molecule is CC(O)C(NC(=O)C(Cc1ccc(OCc2ccccc2)cc1)NC(=O)OC(C)(C)C)C(N)=O. The van der Waals surface area contributed by atoms with E-state index in [1.165, 1.54) is 6.92 Å². The number of nitrogens with one attached hydrogen (secondary N) is 2. The minimum absolute atomic E-state index is 0.106. The van der Waals surface area contributed by atoms with Crippen LogP contribution in [0.5, 0.6) is 5.75 Å². The van der Waals surface area contributed by atoms with Gasteiger partial charge in [-0.3, -0.25) is 9.59 Å². The Morgan fingerprint density at radius 1 is 0.971 bits per heavy atom. The van der Waals surface area contributed by atoms with E-state index in [4.69, 9.17) is 15.2 Å². The second-order valence-corrected chi connectivity index (χ2v) is 8.95. The molecule has 3 unspecified atom stereocenters. The minimum Gasteiger partial charge on any atom is -0.489 e. The zero-order chi connectivity index (χ0) is 25.3. The largest absolute Gasteiger partial charge is 0.489 e. The highest BCUT2D eigenvalue weighted by atomic mass is 16.6. The van der Waals surface area contributed by atoms with Crippen LogP contribution >= 0.6 is 0 Å². The van der Waals surface area contributed by atoms with Gasteiger partial charge in [0, 0.05) is 6.42 Å². The fourth-order valence-corrected chi connectivity index (χ4v) is 3.04. The Bertz CT molecular complexity index is 955. The van der Waals surface area contributed by atoms with Crippen LogP contribution in [0.4, 0.5) is 4.79 Å². The number of aliphatic hydroxyl groups is 1. The predicted octanol–water partition coefficient (Wildman–Crippen LogP) is 2.05. The zero-order valence-corrected chi connectivity index (χ0v) is 19.9. The van der Waals surface area contributed by atoms with Crippen LogP contribution < -0.4 is 21.1 Å². The molecule has 0 aliphatic carbocycles. The third-order valence-corrected chi connectivity index (χ3v) is 4.71. The first-order valence-corrected chi connectivity index (χ1v) is 11.0. The summed E-state index contributed by atoms with van der Waals surface area (Å²) in [6, 6.07) is 14.4. The lowest BCUT2D eigenvalue weighted by Gasteiger charge is -2.25. The molecule has 0 aromatic heterocycles. The molecule has 3 atom stereocenters. The number of ether oxygens (including phenoxy) is 2. The Kier molecular flexibility index (Phi) is 9.44. The molecule has 2 rings (SSSR count). The molecule has 0 saturated carbocycles. The predicted molar refractivity (Wildman–Crippen MR) is 127 cm³/mol. The highest BCUT2D eigenvalue weighted by molar-refractivity contribution is 5.91. The molecular weight excluding hydrogens is 438 g/mol. The van der Waals surface area contributed by atoms with Crippen molar-refractivity contribution in [3.8, 4) is 5.75 Å². The number of hydrogen-bond acceptors (Lipinski definition) is 6. The summed E-state index contributed by atoms with van der Waals surface area (Å²) in [5.74, 6) is -0.921. The number of aliphatic hydroxyl groups excluding tert-OH is 1. The lowest BCUT2D eigenvalue weighted by Crippen LogP contribution is -2.57. The Hall–Kier alpha value is -3.59. The van der Waals surface area contributed by atoms with Gasteiger partial charge in [-0.1, -0.05) is 42.5 Å². The van der Waals surface area contributed by atoms with Crippen LogP contribution in [-0.4, -0.2) is 46.8 Å². The van der Waals surface area contributed by atoms with Gasteiger partial charge in [0.05, 0.1) is 6.10 Å². The van der Waals surface area contributed by atoms with Crippen LogP contribution in [0.25, 0.3) is 0 Å². The average Bonchev–Trinajstić information content (AvgIpc) is 2.75. The van der Waals surface area contributed by atoms with Crippen molar-refractivity contribution in [1.82, 2.24) is 10.6 Å². The van der Waals surface area contributed by atoms with Crippen LogP contribution in [-0.2, 0) is 27.4 Å². The van der Waals surface area contributed by atoms with Gasteiger partial charge < -0.3 is 30.9 Å². The fourth-order valence-electron chi connectivity index (χ4n) is 3.04. The van der Waals surface area contributed by atoms with Crippen molar-refractivity contribution in [2.75, 3.05) is 0 Å². The molecule has 0 saturated heterocycles. The van der Waals surface area contributed by atoms with Gasteiger partial charge in [-0.2, -0.15) is 0 Å². The number of amides is 3. The van der Waals surface area contributed by atoms with E-state index in [1.807, 2.05) is 30.3 Å². The van der Waals surface area contributed by atoms with Gasteiger partial charge in [0.2, 0.25) is 11.8 Å². The second-order valence-electron chi connectivity index (χ2n) is 8.95. The maximum Gasteiger partial charge on any atom is 0.408 e.